The molecular formula is C18H21N5OS. The van der Waals surface area contributed by atoms with Gasteiger partial charge in [-0.05, 0) is 31.5 Å². The van der Waals surface area contributed by atoms with Crippen LogP contribution in [0.2, 0.25) is 0 Å². The molecule has 6 nitrogen and oxygen atoms in total. The molecule has 2 aromatic heterocycles. The second kappa shape index (κ2) is 6.48. The number of amides is 1. The molecule has 0 radical (unpaired) electrons. The number of carbonyl (C=O) groups is 1. The summed E-state index contributed by atoms with van der Waals surface area (Å²) in [5, 5.41) is 5.31. The van der Waals surface area contributed by atoms with Gasteiger partial charge in [-0.1, -0.05) is 23.5 Å². The molecule has 0 bridgehead atoms. The Morgan fingerprint density at radius 1 is 1.20 bits per heavy atom. The molecule has 1 atom stereocenters. The highest BCUT2D eigenvalue weighted by Gasteiger charge is 2.27. The van der Waals surface area contributed by atoms with E-state index in [-0.39, 0.29) is 11.9 Å². The third-order valence-electron chi connectivity index (χ3n) is 4.63. The largest absolute Gasteiger partial charge is 0.345 e. The van der Waals surface area contributed by atoms with Crippen molar-refractivity contribution in [1.29, 1.82) is 0 Å². The number of fused-ring (bicyclic) bond motifs is 1. The van der Waals surface area contributed by atoms with Gasteiger partial charge in [-0.2, -0.15) is 5.10 Å². The Balaban J connectivity index is 1.41. The van der Waals surface area contributed by atoms with Crippen molar-refractivity contribution in [3.8, 4) is 0 Å². The van der Waals surface area contributed by atoms with E-state index in [1.807, 2.05) is 43.1 Å². The molecule has 1 aromatic carbocycles. The number of hydrogen-bond donors (Lipinski definition) is 0. The molecular weight excluding hydrogens is 334 g/mol. The van der Waals surface area contributed by atoms with Gasteiger partial charge in [0.1, 0.15) is 6.04 Å². The van der Waals surface area contributed by atoms with Crippen LogP contribution in [0.25, 0.3) is 10.2 Å². The third-order valence-corrected chi connectivity index (χ3v) is 5.73. The van der Waals surface area contributed by atoms with Crippen molar-refractivity contribution >= 4 is 32.6 Å². The Bertz CT molecular complexity index is 861. The molecule has 3 heterocycles. The van der Waals surface area contributed by atoms with Crippen molar-refractivity contribution in [3.63, 3.8) is 0 Å². The highest BCUT2D eigenvalue weighted by Crippen LogP contribution is 2.29. The molecule has 1 aliphatic heterocycles. The van der Waals surface area contributed by atoms with Gasteiger partial charge in [-0.25, -0.2) is 4.98 Å². The SMILES string of the molecule is Cc1cnn([C@H](C)C(=O)N2CCN(c3nc4ccccc4s3)CC2)c1. The highest BCUT2D eigenvalue weighted by molar-refractivity contribution is 7.22. The molecule has 3 aromatic rings. The Labute approximate surface area is 150 Å². The van der Waals surface area contributed by atoms with Crippen LogP contribution >= 0.6 is 11.3 Å². The molecule has 0 saturated carbocycles. The fraction of sp³-hybridized carbons (Fsp3) is 0.389. The van der Waals surface area contributed by atoms with Gasteiger partial charge in [0.15, 0.2) is 5.13 Å². The van der Waals surface area contributed by atoms with Crippen LogP contribution in [-0.2, 0) is 4.79 Å². The summed E-state index contributed by atoms with van der Waals surface area (Å²) in [4.78, 5) is 21.7. The lowest BCUT2D eigenvalue weighted by Crippen LogP contribution is -2.50. The first-order chi connectivity index (χ1) is 12.1. The van der Waals surface area contributed by atoms with E-state index in [0.717, 1.165) is 42.4 Å². The van der Waals surface area contributed by atoms with E-state index in [1.54, 1.807) is 22.2 Å². The van der Waals surface area contributed by atoms with Gasteiger partial charge in [-0.3, -0.25) is 9.48 Å². The molecule has 0 unspecified atom stereocenters. The smallest absolute Gasteiger partial charge is 0.247 e. The van der Waals surface area contributed by atoms with Crippen molar-refractivity contribution in [2.24, 2.45) is 0 Å². The minimum Gasteiger partial charge on any atom is -0.345 e. The second-order valence-corrected chi connectivity index (χ2v) is 7.46. The summed E-state index contributed by atoms with van der Waals surface area (Å²) in [7, 11) is 0. The van der Waals surface area contributed by atoms with Gasteiger partial charge in [0.25, 0.3) is 0 Å². The average Bonchev–Trinajstić information content (AvgIpc) is 3.26. The van der Waals surface area contributed by atoms with Gasteiger partial charge in [0.2, 0.25) is 5.91 Å². The zero-order valence-corrected chi connectivity index (χ0v) is 15.2. The number of piperazine rings is 1. The first-order valence-electron chi connectivity index (χ1n) is 8.52. The van der Waals surface area contributed by atoms with Crippen molar-refractivity contribution < 1.29 is 4.79 Å². The summed E-state index contributed by atoms with van der Waals surface area (Å²) in [6, 6.07) is 7.94. The third kappa shape index (κ3) is 3.11. The standard InChI is InChI=1S/C18H21N5OS/c1-13-11-19-23(12-13)14(2)17(24)21-7-9-22(10-8-21)18-20-15-5-3-4-6-16(15)25-18/h3-6,11-12,14H,7-10H2,1-2H3/t14-/m1/s1. The van der Waals surface area contributed by atoms with E-state index in [4.69, 9.17) is 4.98 Å². The molecule has 130 valence electrons. The predicted molar refractivity (Wildman–Crippen MR) is 100 cm³/mol. The molecule has 4 rings (SSSR count). The number of para-hydroxylation sites is 1. The minimum atomic E-state index is -0.261. The summed E-state index contributed by atoms with van der Waals surface area (Å²) in [5.74, 6) is 0.132. The number of benzene rings is 1. The molecule has 0 aliphatic carbocycles. The Kier molecular flexibility index (Phi) is 4.17. The van der Waals surface area contributed by atoms with Crippen LogP contribution in [0.1, 0.15) is 18.5 Å². The van der Waals surface area contributed by atoms with E-state index in [9.17, 15) is 4.79 Å². The summed E-state index contributed by atoms with van der Waals surface area (Å²) < 4.78 is 2.95. The van der Waals surface area contributed by atoms with E-state index >= 15 is 0 Å². The lowest BCUT2D eigenvalue weighted by Gasteiger charge is -2.35. The van der Waals surface area contributed by atoms with Gasteiger partial charge < -0.3 is 9.80 Å². The first-order valence-corrected chi connectivity index (χ1v) is 9.33. The Hall–Kier alpha value is -2.41. The van der Waals surface area contributed by atoms with Gasteiger partial charge in [0.05, 0.1) is 16.4 Å². The molecule has 25 heavy (non-hydrogen) atoms. The average molecular weight is 355 g/mol. The summed E-state index contributed by atoms with van der Waals surface area (Å²) in [6.45, 7) is 6.97. The van der Waals surface area contributed by atoms with Crippen molar-refractivity contribution in [2.75, 3.05) is 31.1 Å². The van der Waals surface area contributed by atoms with Crippen molar-refractivity contribution in [3.05, 3.63) is 42.2 Å². The maximum absolute atomic E-state index is 12.7. The van der Waals surface area contributed by atoms with Gasteiger partial charge in [0, 0.05) is 32.4 Å². The normalized spacial score (nSPS) is 16.4. The topological polar surface area (TPSA) is 54.3 Å². The number of hydrogen-bond acceptors (Lipinski definition) is 5. The van der Waals surface area contributed by atoms with E-state index in [0.29, 0.717) is 0 Å². The monoisotopic (exact) mass is 355 g/mol. The van der Waals surface area contributed by atoms with Gasteiger partial charge >= 0.3 is 0 Å². The molecule has 1 aliphatic rings. The summed E-state index contributed by atoms with van der Waals surface area (Å²) >= 11 is 1.72. The molecule has 1 saturated heterocycles. The van der Waals surface area contributed by atoms with Crippen LogP contribution < -0.4 is 4.90 Å². The van der Waals surface area contributed by atoms with Crippen molar-refractivity contribution in [1.82, 2.24) is 19.7 Å². The zero-order valence-electron chi connectivity index (χ0n) is 14.4. The number of nitrogens with zero attached hydrogens (tertiary/aromatic N) is 5. The maximum Gasteiger partial charge on any atom is 0.247 e. The number of anilines is 1. The summed E-state index contributed by atoms with van der Waals surface area (Å²) in [5.41, 5.74) is 2.11. The van der Waals surface area contributed by atoms with Crippen LogP contribution in [0, 0.1) is 6.92 Å². The lowest BCUT2D eigenvalue weighted by atomic mass is 10.2. The minimum absolute atomic E-state index is 0.132. The van der Waals surface area contributed by atoms with Crippen molar-refractivity contribution in [2.45, 2.75) is 19.9 Å². The number of aryl methyl sites for hydroxylation is 1. The first kappa shape index (κ1) is 16.1. The molecule has 1 amide bonds. The van der Waals surface area contributed by atoms with Crippen LogP contribution in [0.3, 0.4) is 0 Å². The number of thiazole rings is 1. The van der Waals surface area contributed by atoms with Crippen LogP contribution in [-0.4, -0.2) is 51.8 Å². The fourth-order valence-corrected chi connectivity index (χ4v) is 4.15. The quantitative estimate of drug-likeness (QED) is 0.725. The predicted octanol–water partition coefficient (Wildman–Crippen LogP) is 2.71. The molecule has 0 spiro atoms. The lowest BCUT2D eigenvalue weighted by molar-refractivity contribution is -0.134. The van der Waals surface area contributed by atoms with E-state index in [1.165, 1.54) is 4.70 Å². The zero-order chi connectivity index (χ0) is 17.4. The Morgan fingerprint density at radius 2 is 1.96 bits per heavy atom. The van der Waals surface area contributed by atoms with Crippen LogP contribution in [0.4, 0.5) is 5.13 Å². The molecule has 0 N–H and O–H groups in total. The second-order valence-electron chi connectivity index (χ2n) is 6.45. The maximum atomic E-state index is 12.7. The van der Waals surface area contributed by atoms with Crippen LogP contribution in [0.5, 0.6) is 0 Å². The van der Waals surface area contributed by atoms with Crippen LogP contribution in [0.15, 0.2) is 36.7 Å². The van der Waals surface area contributed by atoms with E-state index in [2.05, 4.69) is 16.1 Å². The molecule has 1 fully saturated rings. The van der Waals surface area contributed by atoms with E-state index < -0.39 is 0 Å². The Morgan fingerprint density at radius 3 is 2.64 bits per heavy atom. The summed E-state index contributed by atoms with van der Waals surface area (Å²) in [6.07, 6.45) is 3.70. The fourth-order valence-electron chi connectivity index (χ4n) is 3.14. The number of rotatable bonds is 3. The highest BCUT2D eigenvalue weighted by atomic mass is 32.1. The number of carbonyl (C=O) groups excluding carboxylic acids is 1. The van der Waals surface area contributed by atoms with Gasteiger partial charge in [-0.15, -0.1) is 0 Å². The number of aromatic nitrogens is 3. The molecule has 7 heteroatoms.